The first kappa shape index (κ1) is 12.3. The molecule has 82 valence electrons. The van der Waals surface area contributed by atoms with Crippen LogP contribution in [-0.2, 0) is 6.42 Å². The molecule has 1 nitrogen and oxygen atoms in total. The van der Waals surface area contributed by atoms with Gasteiger partial charge in [-0.2, -0.15) is 0 Å². The van der Waals surface area contributed by atoms with Crippen LogP contribution in [0.4, 0.5) is 0 Å². The Morgan fingerprint density at radius 3 is 2.53 bits per heavy atom. The summed E-state index contributed by atoms with van der Waals surface area (Å²) in [5.74, 6) is 0. The van der Waals surface area contributed by atoms with Crippen LogP contribution in [0.3, 0.4) is 0 Å². The predicted molar refractivity (Wildman–Crippen MR) is 67.5 cm³/mol. The van der Waals surface area contributed by atoms with E-state index in [0.29, 0.717) is 0 Å². The Bertz CT molecular complexity index is 310. The Hall–Kier alpha value is -0.790. The number of nitrogens with one attached hydrogen (secondary N) is 1. The summed E-state index contributed by atoms with van der Waals surface area (Å²) >= 11 is 5.81. The van der Waals surface area contributed by atoms with E-state index in [9.17, 15) is 0 Å². The van der Waals surface area contributed by atoms with Crippen LogP contribution in [-0.4, -0.2) is 13.1 Å². The monoisotopic (exact) mass is 223 g/mol. The summed E-state index contributed by atoms with van der Waals surface area (Å²) in [4.78, 5) is 0. The van der Waals surface area contributed by atoms with Crippen LogP contribution >= 0.6 is 11.6 Å². The van der Waals surface area contributed by atoms with Gasteiger partial charge in [-0.3, -0.25) is 0 Å². The summed E-state index contributed by atoms with van der Waals surface area (Å²) in [6, 6.07) is 8.02. The van der Waals surface area contributed by atoms with E-state index in [2.05, 4.69) is 37.4 Å². The van der Waals surface area contributed by atoms with Crippen molar-refractivity contribution in [3.8, 4) is 0 Å². The first-order valence-electron chi connectivity index (χ1n) is 5.27. The van der Waals surface area contributed by atoms with Gasteiger partial charge in [-0.15, -0.1) is 0 Å². The summed E-state index contributed by atoms with van der Waals surface area (Å²) in [6.45, 7) is 6.18. The number of halogens is 1. The van der Waals surface area contributed by atoms with Gasteiger partial charge in [0.2, 0.25) is 0 Å². The van der Waals surface area contributed by atoms with E-state index in [-0.39, 0.29) is 0 Å². The van der Waals surface area contributed by atoms with Gasteiger partial charge in [0.1, 0.15) is 0 Å². The van der Waals surface area contributed by atoms with Gasteiger partial charge in [0.25, 0.3) is 0 Å². The van der Waals surface area contributed by atoms with Gasteiger partial charge in [0.15, 0.2) is 0 Å². The van der Waals surface area contributed by atoms with Crippen LogP contribution in [0.1, 0.15) is 19.4 Å². The van der Waals surface area contributed by atoms with E-state index in [1.807, 2.05) is 12.1 Å². The van der Waals surface area contributed by atoms with E-state index in [1.165, 1.54) is 11.1 Å². The van der Waals surface area contributed by atoms with Crippen LogP contribution in [0.5, 0.6) is 0 Å². The van der Waals surface area contributed by atoms with Gasteiger partial charge in [-0.05, 0) is 44.5 Å². The first-order valence-corrected chi connectivity index (χ1v) is 5.65. The molecule has 0 saturated heterocycles. The van der Waals surface area contributed by atoms with Crippen molar-refractivity contribution in [2.75, 3.05) is 13.1 Å². The van der Waals surface area contributed by atoms with Gasteiger partial charge in [-0.1, -0.05) is 35.4 Å². The summed E-state index contributed by atoms with van der Waals surface area (Å²) in [6.07, 6.45) is 3.25. The lowest BCUT2D eigenvalue weighted by Gasteiger charge is -2.02. The molecule has 0 aliphatic carbocycles. The predicted octanol–water partition coefficient (Wildman–Crippen LogP) is 3.44. The van der Waals surface area contributed by atoms with Crippen molar-refractivity contribution in [3.05, 3.63) is 46.5 Å². The molecule has 2 heteroatoms. The number of allylic oxidation sites excluding steroid dienone is 1. The minimum absolute atomic E-state index is 0.802. The molecule has 0 amide bonds. The smallest absolute Gasteiger partial charge is 0.0406 e. The Morgan fingerprint density at radius 2 is 1.93 bits per heavy atom. The third-order valence-corrected chi connectivity index (χ3v) is 2.41. The molecule has 0 aromatic heterocycles. The van der Waals surface area contributed by atoms with Crippen molar-refractivity contribution < 1.29 is 0 Å². The molecular weight excluding hydrogens is 206 g/mol. The molecule has 0 radical (unpaired) electrons. The van der Waals surface area contributed by atoms with E-state index < -0.39 is 0 Å². The second kappa shape index (κ2) is 6.65. The number of hydrogen-bond acceptors (Lipinski definition) is 1. The molecule has 0 bridgehead atoms. The zero-order valence-electron chi connectivity index (χ0n) is 9.39. The van der Waals surface area contributed by atoms with E-state index in [0.717, 1.165) is 24.5 Å². The highest BCUT2D eigenvalue weighted by Gasteiger charge is 1.92. The number of benzene rings is 1. The highest BCUT2D eigenvalue weighted by atomic mass is 35.5. The van der Waals surface area contributed by atoms with Crippen LogP contribution in [0.2, 0.25) is 5.02 Å². The van der Waals surface area contributed by atoms with E-state index in [1.54, 1.807) is 0 Å². The van der Waals surface area contributed by atoms with Crippen molar-refractivity contribution >= 4 is 11.6 Å². The average Bonchev–Trinajstić information content (AvgIpc) is 2.20. The molecule has 0 atom stereocenters. The van der Waals surface area contributed by atoms with Crippen LogP contribution < -0.4 is 5.32 Å². The fraction of sp³-hybridized carbons (Fsp3) is 0.385. The maximum atomic E-state index is 5.81. The SMILES string of the molecule is CC(C)=CCNCCc1ccc(Cl)cc1. The van der Waals surface area contributed by atoms with E-state index >= 15 is 0 Å². The molecule has 0 aliphatic rings. The third-order valence-electron chi connectivity index (χ3n) is 2.16. The number of rotatable bonds is 5. The van der Waals surface area contributed by atoms with Gasteiger partial charge in [0, 0.05) is 11.6 Å². The third kappa shape index (κ3) is 5.60. The largest absolute Gasteiger partial charge is 0.313 e. The number of hydrogen-bond donors (Lipinski definition) is 1. The molecule has 1 aromatic rings. The minimum Gasteiger partial charge on any atom is -0.313 e. The Labute approximate surface area is 97.1 Å². The lowest BCUT2D eigenvalue weighted by atomic mass is 10.1. The fourth-order valence-electron chi connectivity index (χ4n) is 1.26. The lowest BCUT2D eigenvalue weighted by molar-refractivity contribution is 0.742. The molecular formula is C13H18ClN. The molecule has 1 aromatic carbocycles. The normalized spacial score (nSPS) is 10.1. The van der Waals surface area contributed by atoms with Gasteiger partial charge in [0.05, 0.1) is 0 Å². The molecule has 1 rings (SSSR count). The second-order valence-corrected chi connectivity index (χ2v) is 4.30. The summed E-state index contributed by atoms with van der Waals surface area (Å²) < 4.78 is 0. The molecule has 0 heterocycles. The van der Waals surface area contributed by atoms with Crippen LogP contribution in [0.25, 0.3) is 0 Å². The Balaban J connectivity index is 2.20. The van der Waals surface area contributed by atoms with E-state index in [4.69, 9.17) is 11.6 Å². The zero-order valence-corrected chi connectivity index (χ0v) is 10.1. The molecule has 0 fully saturated rings. The lowest BCUT2D eigenvalue weighted by Crippen LogP contribution is -2.17. The minimum atomic E-state index is 0.802. The fourth-order valence-corrected chi connectivity index (χ4v) is 1.39. The highest BCUT2D eigenvalue weighted by molar-refractivity contribution is 6.30. The highest BCUT2D eigenvalue weighted by Crippen LogP contribution is 2.09. The van der Waals surface area contributed by atoms with Crippen molar-refractivity contribution in [3.63, 3.8) is 0 Å². The van der Waals surface area contributed by atoms with Crippen LogP contribution in [0, 0.1) is 0 Å². The standard InChI is InChI=1S/C13H18ClN/c1-11(2)7-9-15-10-8-12-3-5-13(14)6-4-12/h3-7,15H,8-10H2,1-2H3. The second-order valence-electron chi connectivity index (χ2n) is 3.86. The molecule has 0 unspecified atom stereocenters. The van der Waals surface area contributed by atoms with Crippen molar-refractivity contribution in [2.24, 2.45) is 0 Å². The maximum absolute atomic E-state index is 5.81. The summed E-state index contributed by atoms with van der Waals surface area (Å²) in [5.41, 5.74) is 2.68. The van der Waals surface area contributed by atoms with Gasteiger partial charge in [-0.25, -0.2) is 0 Å². The maximum Gasteiger partial charge on any atom is 0.0406 e. The zero-order chi connectivity index (χ0) is 11.1. The topological polar surface area (TPSA) is 12.0 Å². The van der Waals surface area contributed by atoms with Crippen LogP contribution in [0.15, 0.2) is 35.9 Å². The van der Waals surface area contributed by atoms with Gasteiger partial charge < -0.3 is 5.32 Å². The summed E-state index contributed by atoms with van der Waals surface area (Å²) in [5, 5.41) is 4.17. The first-order chi connectivity index (χ1) is 7.18. The molecule has 15 heavy (non-hydrogen) atoms. The Kier molecular flexibility index (Phi) is 5.44. The van der Waals surface area contributed by atoms with Crippen molar-refractivity contribution in [1.82, 2.24) is 5.32 Å². The quantitative estimate of drug-likeness (QED) is 0.596. The van der Waals surface area contributed by atoms with Gasteiger partial charge >= 0.3 is 0 Å². The average molecular weight is 224 g/mol. The molecule has 0 saturated carbocycles. The summed E-state index contributed by atoms with van der Waals surface area (Å²) in [7, 11) is 0. The Morgan fingerprint density at radius 1 is 1.27 bits per heavy atom. The molecule has 1 N–H and O–H groups in total. The molecule has 0 aliphatic heterocycles. The van der Waals surface area contributed by atoms with Crippen molar-refractivity contribution in [2.45, 2.75) is 20.3 Å². The van der Waals surface area contributed by atoms with Crippen molar-refractivity contribution in [1.29, 1.82) is 0 Å². The molecule has 0 spiro atoms.